The topological polar surface area (TPSA) is 37.3 Å². The van der Waals surface area contributed by atoms with E-state index >= 15 is 0 Å². The fourth-order valence-electron chi connectivity index (χ4n) is 1.56. The van der Waals surface area contributed by atoms with E-state index in [0.29, 0.717) is 15.8 Å². The summed E-state index contributed by atoms with van der Waals surface area (Å²) in [4.78, 5) is 11.1. The number of rotatable bonds is 4. The van der Waals surface area contributed by atoms with E-state index in [1.165, 1.54) is 18.2 Å². The highest BCUT2D eigenvalue weighted by molar-refractivity contribution is 9.10. The number of hydrogen-bond acceptors (Lipinski definition) is 2. The first-order valence-electron chi connectivity index (χ1n) is 5.57. The monoisotopic (exact) mass is 358 g/mol. The molecule has 6 heteroatoms. The van der Waals surface area contributed by atoms with Gasteiger partial charge >= 0.3 is 5.97 Å². The first-order chi connectivity index (χ1) is 9.49. The van der Waals surface area contributed by atoms with Crippen molar-refractivity contribution < 1.29 is 18.7 Å². The van der Waals surface area contributed by atoms with Crippen LogP contribution in [0.15, 0.2) is 45.8 Å². The standard InChI is InChI=1S/C14H9BrF2O2S/c15-13-9(2-1-3-11(13)17)7-20-12-6-8(14(18)19)4-5-10(12)16/h1-6H,7H2,(H,18,19). The van der Waals surface area contributed by atoms with Gasteiger partial charge in [0.2, 0.25) is 0 Å². The number of halogens is 3. The summed E-state index contributed by atoms with van der Waals surface area (Å²) in [5.41, 5.74) is 0.697. The Labute approximate surface area is 126 Å². The fraction of sp³-hybridized carbons (Fsp3) is 0.0714. The van der Waals surface area contributed by atoms with Gasteiger partial charge in [-0.2, -0.15) is 0 Å². The van der Waals surface area contributed by atoms with Gasteiger partial charge in [0.25, 0.3) is 0 Å². The molecule has 0 saturated carbocycles. The molecule has 0 spiro atoms. The molecule has 0 saturated heterocycles. The van der Waals surface area contributed by atoms with Gasteiger partial charge in [-0.1, -0.05) is 12.1 Å². The van der Waals surface area contributed by atoms with E-state index in [-0.39, 0.29) is 16.3 Å². The van der Waals surface area contributed by atoms with Gasteiger partial charge in [-0.3, -0.25) is 0 Å². The molecular formula is C14H9BrF2O2S. The zero-order valence-corrected chi connectivity index (χ0v) is 12.5. The number of aromatic carboxylic acids is 1. The first kappa shape index (κ1) is 15.0. The zero-order valence-electron chi connectivity index (χ0n) is 10.1. The van der Waals surface area contributed by atoms with Crippen molar-refractivity contribution in [1.82, 2.24) is 0 Å². The van der Waals surface area contributed by atoms with Gasteiger partial charge < -0.3 is 5.11 Å². The average molecular weight is 359 g/mol. The minimum atomic E-state index is -1.11. The van der Waals surface area contributed by atoms with Crippen molar-refractivity contribution in [3.8, 4) is 0 Å². The smallest absolute Gasteiger partial charge is 0.335 e. The van der Waals surface area contributed by atoms with Crippen molar-refractivity contribution in [2.24, 2.45) is 0 Å². The SMILES string of the molecule is O=C(O)c1ccc(F)c(SCc2cccc(F)c2Br)c1. The van der Waals surface area contributed by atoms with Crippen LogP contribution in [0.3, 0.4) is 0 Å². The van der Waals surface area contributed by atoms with E-state index in [1.807, 2.05) is 0 Å². The quantitative estimate of drug-likeness (QED) is 0.803. The molecule has 104 valence electrons. The molecule has 20 heavy (non-hydrogen) atoms. The van der Waals surface area contributed by atoms with Crippen LogP contribution in [0, 0.1) is 11.6 Å². The maximum atomic E-state index is 13.6. The molecule has 0 fully saturated rings. The van der Waals surface area contributed by atoms with Crippen LogP contribution in [-0.4, -0.2) is 11.1 Å². The third-order valence-electron chi connectivity index (χ3n) is 2.59. The first-order valence-corrected chi connectivity index (χ1v) is 7.35. The summed E-state index contributed by atoms with van der Waals surface area (Å²) in [6, 6.07) is 8.21. The maximum Gasteiger partial charge on any atom is 0.335 e. The Bertz CT molecular complexity index is 662. The largest absolute Gasteiger partial charge is 0.478 e. The molecule has 2 aromatic carbocycles. The molecule has 2 nitrogen and oxygen atoms in total. The Morgan fingerprint density at radius 3 is 2.65 bits per heavy atom. The van der Waals surface area contributed by atoms with E-state index in [9.17, 15) is 13.6 Å². The second-order valence-electron chi connectivity index (χ2n) is 3.95. The summed E-state index contributed by atoms with van der Waals surface area (Å²) >= 11 is 4.25. The molecule has 2 rings (SSSR count). The van der Waals surface area contributed by atoms with Crippen LogP contribution >= 0.6 is 27.7 Å². The highest BCUT2D eigenvalue weighted by Crippen LogP contribution is 2.30. The van der Waals surface area contributed by atoms with Crippen molar-refractivity contribution in [2.75, 3.05) is 0 Å². The summed E-state index contributed by atoms with van der Waals surface area (Å²) in [5.74, 6) is -1.66. The summed E-state index contributed by atoms with van der Waals surface area (Å²) in [6.07, 6.45) is 0. The average Bonchev–Trinajstić information content (AvgIpc) is 2.41. The third-order valence-corrected chi connectivity index (χ3v) is 4.56. The number of carboxylic acid groups (broad SMARTS) is 1. The lowest BCUT2D eigenvalue weighted by atomic mass is 10.2. The maximum absolute atomic E-state index is 13.6. The summed E-state index contributed by atoms with van der Waals surface area (Å²) in [5, 5.41) is 8.88. The van der Waals surface area contributed by atoms with Crippen LogP contribution in [-0.2, 0) is 5.75 Å². The Morgan fingerprint density at radius 2 is 1.95 bits per heavy atom. The third kappa shape index (κ3) is 3.37. The van der Waals surface area contributed by atoms with Crippen molar-refractivity contribution in [2.45, 2.75) is 10.6 Å². The zero-order chi connectivity index (χ0) is 14.7. The lowest BCUT2D eigenvalue weighted by molar-refractivity contribution is 0.0696. The Morgan fingerprint density at radius 1 is 1.20 bits per heavy atom. The molecule has 0 aliphatic heterocycles. The van der Waals surface area contributed by atoms with Crippen LogP contribution in [0.1, 0.15) is 15.9 Å². The molecule has 0 bridgehead atoms. The predicted molar refractivity (Wildman–Crippen MR) is 77.0 cm³/mol. The van der Waals surface area contributed by atoms with E-state index in [1.54, 1.807) is 12.1 Å². The lowest BCUT2D eigenvalue weighted by Gasteiger charge is -2.07. The highest BCUT2D eigenvalue weighted by atomic mass is 79.9. The summed E-state index contributed by atoms with van der Waals surface area (Å²) in [7, 11) is 0. The molecular weight excluding hydrogens is 350 g/mol. The van der Waals surface area contributed by atoms with E-state index in [2.05, 4.69) is 15.9 Å². The second-order valence-corrected chi connectivity index (χ2v) is 5.76. The molecule has 0 aromatic heterocycles. The van der Waals surface area contributed by atoms with E-state index in [4.69, 9.17) is 5.11 Å². The lowest BCUT2D eigenvalue weighted by Crippen LogP contribution is -1.97. The summed E-state index contributed by atoms with van der Waals surface area (Å²) < 4.78 is 27.3. The highest BCUT2D eigenvalue weighted by Gasteiger charge is 2.11. The molecule has 0 heterocycles. The molecule has 0 aliphatic carbocycles. The van der Waals surface area contributed by atoms with Gasteiger partial charge in [-0.05, 0) is 45.8 Å². The Hall–Kier alpha value is -1.40. The molecule has 1 N–H and O–H groups in total. The van der Waals surface area contributed by atoms with Crippen LogP contribution in [0.2, 0.25) is 0 Å². The van der Waals surface area contributed by atoms with Gasteiger partial charge in [0.1, 0.15) is 11.6 Å². The fourth-order valence-corrected chi connectivity index (χ4v) is 3.12. The molecule has 0 amide bonds. The van der Waals surface area contributed by atoms with E-state index in [0.717, 1.165) is 17.8 Å². The van der Waals surface area contributed by atoms with Crippen LogP contribution < -0.4 is 0 Å². The summed E-state index contributed by atoms with van der Waals surface area (Å²) in [6.45, 7) is 0. The van der Waals surface area contributed by atoms with Crippen molar-refractivity contribution >= 4 is 33.7 Å². The Kier molecular flexibility index (Phi) is 4.77. The van der Waals surface area contributed by atoms with Crippen molar-refractivity contribution in [3.05, 3.63) is 63.6 Å². The normalized spacial score (nSPS) is 10.6. The minimum Gasteiger partial charge on any atom is -0.478 e. The van der Waals surface area contributed by atoms with E-state index < -0.39 is 11.8 Å². The van der Waals surface area contributed by atoms with Gasteiger partial charge in [0, 0.05) is 10.6 Å². The number of hydrogen-bond donors (Lipinski definition) is 1. The second kappa shape index (κ2) is 6.37. The van der Waals surface area contributed by atoms with Crippen LogP contribution in [0.25, 0.3) is 0 Å². The number of carbonyl (C=O) groups is 1. The number of benzene rings is 2. The van der Waals surface area contributed by atoms with Gasteiger partial charge in [0.05, 0.1) is 10.0 Å². The minimum absolute atomic E-state index is 0.0206. The van der Waals surface area contributed by atoms with Gasteiger partial charge in [-0.25, -0.2) is 13.6 Å². The molecule has 0 unspecified atom stereocenters. The molecule has 0 radical (unpaired) electrons. The number of thioether (sulfide) groups is 1. The molecule has 0 atom stereocenters. The van der Waals surface area contributed by atoms with Crippen molar-refractivity contribution in [1.29, 1.82) is 0 Å². The Balaban J connectivity index is 2.20. The van der Waals surface area contributed by atoms with Gasteiger partial charge in [-0.15, -0.1) is 11.8 Å². The van der Waals surface area contributed by atoms with Crippen LogP contribution in [0.4, 0.5) is 8.78 Å². The predicted octanol–water partition coefficient (Wildman–Crippen LogP) is 4.72. The molecule has 0 aliphatic rings. The van der Waals surface area contributed by atoms with Crippen LogP contribution in [0.5, 0.6) is 0 Å². The van der Waals surface area contributed by atoms with Crippen molar-refractivity contribution in [3.63, 3.8) is 0 Å². The van der Waals surface area contributed by atoms with Gasteiger partial charge in [0.15, 0.2) is 0 Å². The molecule has 2 aromatic rings. The number of carboxylic acids is 1.